The fraction of sp³-hybridized carbons (Fsp3) is 0.143. The van der Waals surface area contributed by atoms with E-state index in [1.165, 1.54) is 17.2 Å². The first kappa shape index (κ1) is 17.2. The van der Waals surface area contributed by atoms with Gasteiger partial charge in [-0.15, -0.1) is 0 Å². The molecule has 1 N–H and O–H groups in total. The highest BCUT2D eigenvalue weighted by Crippen LogP contribution is 2.38. The van der Waals surface area contributed by atoms with Crippen LogP contribution in [0.4, 0.5) is 0 Å². The summed E-state index contributed by atoms with van der Waals surface area (Å²) in [5.41, 5.74) is 1.10. The number of imidazole rings is 1. The summed E-state index contributed by atoms with van der Waals surface area (Å²) in [5.74, 6) is -0.408. The van der Waals surface area contributed by atoms with Crippen molar-refractivity contribution in [2.75, 3.05) is 0 Å². The van der Waals surface area contributed by atoms with Gasteiger partial charge in [-0.2, -0.15) is 0 Å². The molecule has 0 bridgehead atoms. The Morgan fingerprint density at radius 3 is 2.50 bits per heavy atom. The number of carbonyl (C=O) groups is 1. The van der Waals surface area contributed by atoms with E-state index in [1.807, 2.05) is 0 Å². The Hall–Kier alpha value is -1.60. The minimum absolute atomic E-state index is 0.163. The van der Waals surface area contributed by atoms with Crippen LogP contribution in [0.5, 0.6) is 0 Å². The number of benzene rings is 1. The number of halogens is 4. The van der Waals surface area contributed by atoms with E-state index in [9.17, 15) is 4.79 Å². The van der Waals surface area contributed by atoms with Gasteiger partial charge in [0.05, 0.1) is 6.33 Å². The molecule has 0 saturated carbocycles. The molecule has 0 unspecified atom stereocenters. The van der Waals surface area contributed by atoms with E-state index >= 15 is 0 Å². The molecule has 0 radical (unpaired) electrons. The van der Waals surface area contributed by atoms with Gasteiger partial charge in [-0.3, -0.25) is 9.36 Å². The van der Waals surface area contributed by atoms with Gasteiger partial charge in [-0.25, -0.2) is 15.0 Å². The molecule has 3 rings (SSSR count). The van der Waals surface area contributed by atoms with Crippen LogP contribution in [0.25, 0.3) is 11.2 Å². The molecule has 1 atom stereocenters. The minimum atomic E-state index is -1.85. The van der Waals surface area contributed by atoms with E-state index in [2.05, 4.69) is 20.3 Å². The summed E-state index contributed by atoms with van der Waals surface area (Å²) in [6.45, 7) is 0. The van der Waals surface area contributed by atoms with Crippen LogP contribution in [0, 0.1) is 0 Å². The zero-order valence-electron chi connectivity index (χ0n) is 11.8. The predicted molar refractivity (Wildman–Crippen MR) is 93.6 cm³/mol. The van der Waals surface area contributed by atoms with Crippen molar-refractivity contribution < 1.29 is 4.79 Å². The minimum Gasteiger partial charge on any atom is -0.328 e. The normalized spacial score (nSPS) is 13.0. The Labute approximate surface area is 156 Å². The molecule has 3 aromatic rings. The molecule has 0 aliphatic heterocycles. The number of amides is 1. The van der Waals surface area contributed by atoms with Gasteiger partial charge in [0.15, 0.2) is 17.0 Å². The van der Waals surface area contributed by atoms with Crippen LogP contribution in [0.3, 0.4) is 0 Å². The molecular weight excluding hydrogens is 396 g/mol. The van der Waals surface area contributed by atoms with Crippen molar-refractivity contribution in [3.05, 3.63) is 53.7 Å². The molecule has 24 heavy (non-hydrogen) atoms. The summed E-state index contributed by atoms with van der Waals surface area (Å²) in [6, 6.07) is 8.56. The first-order valence-corrected chi connectivity index (χ1v) is 8.15. The molecule has 124 valence electrons. The molecule has 6 nitrogen and oxygen atoms in total. The number of alkyl halides is 3. The highest BCUT2D eigenvalue weighted by atomic mass is 35.6. The zero-order chi connectivity index (χ0) is 17.3. The number of carbonyl (C=O) groups excluding carboxylic acids is 1. The quantitative estimate of drug-likeness (QED) is 0.532. The summed E-state index contributed by atoms with van der Waals surface area (Å²) in [4.78, 5) is 24.5. The fourth-order valence-electron chi connectivity index (χ4n) is 2.12. The largest absolute Gasteiger partial charge is 0.328 e. The third-order valence-corrected chi connectivity index (χ3v) is 4.10. The van der Waals surface area contributed by atoms with E-state index < -0.39 is 15.9 Å². The van der Waals surface area contributed by atoms with Crippen molar-refractivity contribution in [2.24, 2.45) is 0 Å². The van der Waals surface area contributed by atoms with E-state index in [-0.39, 0.29) is 5.15 Å². The highest BCUT2D eigenvalue weighted by Gasteiger charge is 2.37. The lowest BCUT2D eigenvalue weighted by atomic mass is 10.2. The van der Waals surface area contributed by atoms with Crippen molar-refractivity contribution >= 4 is 63.5 Å². The molecule has 0 spiro atoms. The van der Waals surface area contributed by atoms with Gasteiger partial charge in [0.2, 0.25) is 3.79 Å². The number of nitrogens with one attached hydrogen (secondary N) is 1. The Morgan fingerprint density at radius 1 is 1.12 bits per heavy atom. The van der Waals surface area contributed by atoms with Gasteiger partial charge < -0.3 is 5.32 Å². The van der Waals surface area contributed by atoms with Crippen LogP contribution < -0.4 is 5.32 Å². The van der Waals surface area contributed by atoms with E-state index in [1.54, 1.807) is 30.3 Å². The van der Waals surface area contributed by atoms with E-state index in [0.717, 1.165) is 0 Å². The van der Waals surface area contributed by atoms with Gasteiger partial charge in [-0.05, 0) is 12.1 Å². The van der Waals surface area contributed by atoms with Crippen LogP contribution in [0.15, 0.2) is 43.0 Å². The summed E-state index contributed by atoms with van der Waals surface area (Å²) in [6.07, 6.45) is 1.59. The van der Waals surface area contributed by atoms with E-state index in [0.29, 0.717) is 16.7 Å². The Balaban J connectivity index is 2.01. The van der Waals surface area contributed by atoms with Crippen LogP contribution in [-0.4, -0.2) is 29.2 Å². The number of hydrogen-bond acceptors (Lipinski definition) is 4. The van der Waals surface area contributed by atoms with E-state index in [4.69, 9.17) is 46.4 Å². The topological polar surface area (TPSA) is 72.7 Å². The molecule has 0 saturated heterocycles. The zero-order valence-corrected chi connectivity index (χ0v) is 14.9. The Morgan fingerprint density at radius 2 is 1.83 bits per heavy atom. The average molecular weight is 405 g/mol. The lowest BCUT2D eigenvalue weighted by Gasteiger charge is -2.26. The van der Waals surface area contributed by atoms with Crippen LogP contribution in [0.1, 0.15) is 16.5 Å². The lowest BCUT2D eigenvalue weighted by molar-refractivity contribution is 0.0921. The predicted octanol–water partition coefficient (Wildman–Crippen LogP) is 3.78. The molecule has 0 fully saturated rings. The maximum Gasteiger partial charge on any atom is 0.253 e. The summed E-state index contributed by atoms with van der Waals surface area (Å²) in [5, 5.41) is 2.84. The van der Waals surface area contributed by atoms with Crippen molar-refractivity contribution in [1.29, 1.82) is 0 Å². The number of hydrogen-bond donors (Lipinski definition) is 1. The number of fused-ring (bicyclic) bond motifs is 1. The van der Waals surface area contributed by atoms with Gasteiger partial charge in [-0.1, -0.05) is 64.6 Å². The number of rotatable bonds is 3. The van der Waals surface area contributed by atoms with Crippen LogP contribution in [0.2, 0.25) is 5.15 Å². The van der Waals surface area contributed by atoms with Gasteiger partial charge in [0, 0.05) is 5.56 Å². The summed E-state index contributed by atoms with van der Waals surface area (Å²) in [7, 11) is 0. The van der Waals surface area contributed by atoms with Crippen molar-refractivity contribution in [2.45, 2.75) is 9.96 Å². The second-order valence-corrected chi connectivity index (χ2v) is 7.50. The van der Waals surface area contributed by atoms with Crippen LogP contribution in [-0.2, 0) is 0 Å². The molecule has 2 aromatic heterocycles. The van der Waals surface area contributed by atoms with Crippen molar-refractivity contribution in [3.63, 3.8) is 0 Å². The molecular formula is C14H9Cl4N5O. The second-order valence-electron chi connectivity index (χ2n) is 4.77. The number of aromatic nitrogens is 4. The van der Waals surface area contributed by atoms with Crippen molar-refractivity contribution in [3.8, 4) is 0 Å². The monoisotopic (exact) mass is 403 g/mol. The first-order valence-electron chi connectivity index (χ1n) is 6.63. The lowest BCUT2D eigenvalue weighted by Crippen LogP contribution is -2.40. The third kappa shape index (κ3) is 3.42. The van der Waals surface area contributed by atoms with Gasteiger partial charge >= 0.3 is 0 Å². The maximum absolute atomic E-state index is 12.4. The summed E-state index contributed by atoms with van der Waals surface area (Å²) >= 11 is 24.1. The third-order valence-electron chi connectivity index (χ3n) is 3.21. The second kappa shape index (κ2) is 6.72. The molecule has 2 heterocycles. The molecule has 10 heteroatoms. The molecule has 0 aliphatic carbocycles. The SMILES string of the molecule is O=C(N[C@@H](n1cnc2c(Cl)ncnc21)C(Cl)(Cl)Cl)c1ccccc1. The fourth-order valence-corrected chi connectivity index (χ4v) is 2.77. The Bertz CT molecular complexity index is 878. The van der Waals surface area contributed by atoms with Crippen molar-refractivity contribution in [1.82, 2.24) is 24.8 Å². The standard InChI is InChI=1S/C14H9Cl4N5O/c15-10-9-11(20-6-19-10)23(7-21-9)13(14(16,17)18)22-12(24)8-4-2-1-3-5-8/h1-7,13H,(H,22,24)/t13-/m0/s1. The molecule has 1 amide bonds. The van der Waals surface area contributed by atoms with Gasteiger partial charge in [0.25, 0.3) is 5.91 Å². The molecule has 0 aliphatic rings. The maximum atomic E-state index is 12.4. The highest BCUT2D eigenvalue weighted by molar-refractivity contribution is 6.68. The smallest absolute Gasteiger partial charge is 0.253 e. The van der Waals surface area contributed by atoms with Crippen LogP contribution >= 0.6 is 46.4 Å². The molecule has 1 aromatic carbocycles. The Kier molecular flexibility index (Phi) is 4.83. The first-order chi connectivity index (χ1) is 11.4. The number of nitrogens with zero attached hydrogens (tertiary/aromatic N) is 4. The summed E-state index contributed by atoms with van der Waals surface area (Å²) < 4.78 is -0.424. The average Bonchev–Trinajstić information content (AvgIpc) is 2.97. The van der Waals surface area contributed by atoms with Gasteiger partial charge in [0.1, 0.15) is 11.8 Å².